The number of nitrogens with zero attached hydrogens (tertiary/aromatic N) is 2. The summed E-state index contributed by atoms with van der Waals surface area (Å²) in [5, 5.41) is 11.9. The first-order chi connectivity index (χ1) is 22.1. The maximum absolute atomic E-state index is 15.1. The maximum atomic E-state index is 15.1. The Hall–Kier alpha value is -4.34. The Morgan fingerprint density at radius 1 is 0.935 bits per heavy atom. The molecule has 1 saturated carbocycles. The summed E-state index contributed by atoms with van der Waals surface area (Å²) in [5.74, 6) is -4.00. The first-order valence-electron chi connectivity index (χ1n) is 15.2. The first kappa shape index (κ1) is 30.3. The van der Waals surface area contributed by atoms with E-state index in [9.17, 15) is 19.5 Å². The van der Waals surface area contributed by atoms with Crippen molar-refractivity contribution in [3.8, 4) is 11.5 Å². The Morgan fingerprint density at radius 2 is 1.65 bits per heavy atom. The molecule has 4 aliphatic rings. The second kappa shape index (κ2) is 11.2. The Balaban J connectivity index is 1.46. The number of hydrazine groups is 1. The van der Waals surface area contributed by atoms with Crippen LogP contribution in [-0.2, 0) is 24.6 Å². The lowest BCUT2D eigenvalue weighted by Crippen LogP contribution is -2.53. The van der Waals surface area contributed by atoms with Crippen LogP contribution in [0.4, 0.5) is 5.69 Å². The highest BCUT2D eigenvalue weighted by molar-refractivity contribution is 6.36. The number of imide groups is 2. The highest BCUT2D eigenvalue weighted by Gasteiger charge is 2.70. The number of amides is 4. The van der Waals surface area contributed by atoms with Gasteiger partial charge < -0.3 is 9.84 Å². The van der Waals surface area contributed by atoms with Gasteiger partial charge in [-0.25, -0.2) is 0 Å². The summed E-state index contributed by atoms with van der Waals surface area (Å²) in [6.45, 7) is 2.05. The summed E-state index contributed by atoms with van der Waals surface area (Å²) in [6.07, 6.45) is 2.53. The number of carbonyl (C=O) groups excluding carboxylic acids is 4. The molecule has 0 spiro atoms. The fraction of sp³-hybridized carbons (Fsp3) is 0.314. The Kier molecular flexibility index (Phi) is 7.36. The molecule has 2 N–H and O–H groups in total. The van der Waals surface area contributed by atoms with Crippen molar-refractivity contribution >= 4 is 52.5 Å². The van der Waals surface area contributed by atoms with E-state index in [1.165, 1.54) is 11.0 Å². The second-order valence-corrected chi connectivity index (χ2v) is 13.1. The molecule has 0 bridgehead atoms. The molecule has 0 radical (unpaired) electrons. The molecule has 2 heterocycles. The van der Waals surface area contributed by atoms with Gasteiger partial charge in [0.15, 0.2) is 0 Å². The van der Waals surface area contributed by atoms with Gasteiger partial charge in [0.2, 0.25) is 11.8 Å². The minimum atomic E-state index is -1.45. The van der Waals surface area contributed by atoms with E-state index in [2.05, 4.69) is 5.43 Å². The van der Waals surface area contributed by atoms with Crippen LogP contribution in [0.1, 0.15) is 36.8 Å². The van der Waals surface area contributed by atoms with E-state index in [1.54, 1.807) is 74.7 Å². The van der Waals surface area contributed by atoms with E-state index < -0.39 is 46.8 Å². The molecule has 2 aliphatic heterocycles. The van der Waals surface area contributed by atoms with E-state index in [0.717, 1.165) is 10.6 Å². The molecular formula is C35H31Cl2N3O6. The molecule has 2 aliphatic carbocycles. The Labute approximate surface area is 275 Å². The normalized spacial score (nSPS) is 28.5. The van der Waals surface area contributed by atoms with Crippen molar-refractivity contribution in [3.63, 3.8) is 0 Å². The molecule has 6 atom stereocenters. The maximum Gasteiger partial charge on any atom is 0.260 e. The molecule has 3 aromatic carbocycles. The lowest BCUT2D eigenvalue weighted by molar-refractivity contribution is -0.141. The number of benzene rings is 3. The van der Waals surface area contributed by atoms with Crippen LogP contribution in [0.25, 0.3) is 0 Å². The predicted octanol–water partition coefficient (Wildman–Crippen LogP) is 5.71. The van der Waals surface area contributed by atoms with Crippen LogP contribution in [0.2, 0.25) is 10.0 Å². The van der Waals surface area contributed by atoms with Gasteiger partial charge in [0, 0.05) is 17.5 Å². The summed E-state index contributed by atoms with van der Waals surface area (Å²) in [5.41, 5.74) is 4.00. The van der Waals surface area contributed by atoms with E-state index in [0.29, 0.717) is 34.0 Å². The molecule has 7 rings (SSSR count). The standard InChI is InChI=1S/C35H31Cl2N3O6/c1-3-39-31(42)24-14-13-23-25(29(24)33(39)44)17-26-32(43)40(38-28-15-8-20(36)16-27(28)37)34(45)35(26,19-6-11-22(46-2)12-7-19)30(23)18-4-9-21(41)10-5-18/h4-13,15-16,24-26,29-30,38,41H,3,14,17H2,1-2H3/t24-,25+,26-,29-,30-,35+/m0/s1. The van der Waals surface area contributed by atoms with E-state index in [4.69, 9.17) is 27.9 Å². The average molecular weight is 661 g/mol. The number of phenolic OH excluding ortho intramolecular Hbond substituents is 1. The third-order valence-electron chi connectivity index (χ3n) is 10.2. The number of rotatable bonds is 6. The number of hydrogen-bond acceptors (Lipinski definition) is 7. The molecule has 4 amide bonds. The fourth-order valence-electron chi connectivity index (χ4n) is 8.26. The van der Waals surface area contributed by atoms with Crippen LogP contribution >= 0.6 is 23.2 Å². The molecule has 3 aromatic rings. The summed E-state index contributed by atoms with van der Waals surface area (Å²) < 4.78 is 5.42. The van der Waals surface area contributed by atoms with Crippen molar-refractivity contribution in [2.45, 2.75) is 31.1 Å². The number of methoxy groups -OCH3 is 1. The topological polar surface area (TPSA) is 116 Å². The number of halogens is 2. The number of hydrogen-bond donors (Lipinski definition) is 2. The van der Waals surface area contributed by atoms with Crippen LogP contribution in [-0.4, -0.2) is 52.3 Å². The monoisotopic (exact) mass is 659 g/mol. The Bertz CT molecular complexity index is 1810. The molecule has 46 heavy (non-hydrogen) atoms. The van der Waals surface area contributed by atoms with Gasteiger partial charge in [-0.05, 0) is 79.3 Å². The minimum absolute atomic E-state index is 0.0495. The number of phenols is 1. The van der Waals surface area contributed by atoms with Gasteiger partial charge >= 0.3 is 0 Å². The largest absolute Gasteiger partial charge is 0.508 e. The fourth-order valence-corrected chi connectivity index (χ4v) is 8.71. The lowest BCUT2D eigenvalue weighted by Gasteiger charge is -2.50. The van der Waals surface area contributed by atoms with Gasteiger partial charge in [-0.15, -0.1) is 0 Å². The summed E-state index contributed by atoms with van der Waals surface area (Å²) in [4.78, 5) is 58.2. The predicted molar refractivity (Wildman–Crippen MR) is 171 cm³/mol. The number of likely N-dealkylation sites (tertiary alicyclic amines) is 1. The summed E-state index contributed by atoms with van der Waals surface area (Å²) >= 11 is 12.6. The zero-order valence-corrected chi connectivity index (χ0v) is 26.6. The minimum Gasteiger partial charge on any atom is -0.508 e. The van der Waals surface area contributed by atoms with Crippen LogP contribution in [0, 0.1) is 23.7 Å². The highest BCUT2D eigenvalue weighted by Crippen LogP contribution is 2.64. The van der Waals surface area contributed by atoms with Crippen LogP contribution < -0.4 is 10.2 Å². The van der Waals surface area contributed by atoms with Crippen molar-refractivity contribution in [1.82, 2.24) is 9.91 Å². The van der Waals surface area contributed by atoms with Gasteiger partial charge in [-0.2, -0.15) is 5.01 Å². The van der Waals surface area contributed by atoms with Gasteiger partial charge in [0.1, 0.15) is 11.5 Å². The van der Waals surface area contributed by atoms with Gasteiger partial charge in [0.25, 0.3) is 11.8 Å². The Morgan fingerprint density at radius 3 is 2.30 bits per heavy atom. The SMILES string of the molecule is CCN1C(=O)[C@H]2[C@H](CC=C3[C@H]2C[C@H]2C(=O)N(Nc4ccc(Cl)cc4Cl)C(=O)[C@@]2(c2ccc(OC)cc2)[C@H]3c2ccc(O)cc2)C1=O. The highest BCUT2D eigenvalue weighted by atomic mass is 35.5. The quantitative estimate of drug-likeness (QED) is 0.257. The van der Waals surface area contributed by atoms with Crippen LogP contribution in [0.3, 0.4) is 0 Å². The number of aromatic hydroxyl groups is 1. The van der Waals surface area contributed by atoms with E-state index in [1.807, 2.05) is 6.08 Å². The smallest absolute Gasteiger partial charge is 0.260 e. The number of carbonyl (C=O) groups is 4. The molecule has 9 nitrogen and oxygen atoms in total. The van der Waals surface area contributed by atoms with E-state index >= 15 is 4.79 Å². The van der Waals surface area contributed by atoms with Crippen LogP contribution in [0.5, 0.6) is 11.5 Å². The van der Waals surface area contributed by atoms with E-state index in [-0.39, 0.29) is 35.6 Å². The summed E-state index contributed by atoms with van der Waals surface area (Å²) in [7, 11) is 1.55. The third-order valence-corrected chi connectivity index (χ3v) is 10.8. The molecule has 3 fully saturated rings. The van der Waals surface area contributed by atoms with Crippen molar-refractivity contribution in [1.29, 1.82) is 0 Å². The number of ether oxygens (including phenoxy) is 1. The molecule has 2 saturated heterocycles. The number of fused-ring (bicyclic) bond motifs is 4. The van der Waals surface area contributed by atoms with Crippen molar-refractivity contribution in [2.75, 3.05) is 19.1 Å². The third kappa shape index (κ3) is 4.28. The number of allylic oxidation sites excluding steroid dienone is 2. The lowest BCUT2D eigenvalue weighted by atomic mass is 9.49. The molecule has 11 heteroatoms. The summed E-state index contributed by atoms with van der Waals surface area (Å²) in [6, 6.07) is 18.5. The molecular weight excluding hydrogens is 629 g/mol. The zero-order chi connectivity index (χ0) is 32.5. The van der Waals surface area contributed by atoms with Crippen LogP contribution in [0.15, 0.2) is 78.4 Å². The number of anilines is 1. The zero-order valence-electron chi connectivity index (χ0n) is 25.1. The molecule has 0 aromatic heterocycles. The number of nitrogens with one attached hydrogen (secondary N) is 1. The second-order valence-electron chi connectivity index (χ2n) is 12.2. The van der Waals surface area contributed by atoms with Gasteiger partial charge in [0.05, 0.1) is 41.0 Å². The molecule has 236 valence electrons. The van der Waals surface area contributed by atoms with Crippen molar-refractivity contribution in [3.05, 3.63) is 99.6 Å². The average Bonchev–Trinajstić information content (AvgIpc) is 3.43. The van der Waals surface area contributed by atoms with Crippen molar-refractivity contribution < 1.29 is 29.0 Å². The van der Waals surface area contributed by atoms with Gasteiger partial charge in [-0.1, -0.05) is 59.1 Å². The first-order valence-corrected chi connectivity index (χ1v) is 16.0. The van der Waals surface area contributed by atoms with Crippen molar-refractivity contribution in [2.24, 2.45) is 23.7 Å². The van der Waals surface area contributed by atoms with Gasteiger partial charge in [-0.3, -0.25) is 29.5 Å². The molecule has 0 unspecified atom stereocenters.